The van der Waals surface area contributed by atoms with Crippen molar-refractivity contribution in [2.24, 2.45) is 0 Å². The molecule has 0 fully saturated rings. The van der Waals surface area contributed by atoms with E-state index < -0.39 is 16.4 Å². The average molecular weight is 211 g/mol. The molecule has 0 bridgehead atoms. The van der Waals surface area contributed by atoms with Gasteiger partial charge in [-0.25, -0.2) is 8.98 Å². The summed E-state index contributed by atoms with van der Waals surface area (Å²) in [6, 6.07) is 0. The molecule has 0 atom stereocenters. The Kier molecular flexibility index (Phi) is 6.38. The van der Waals surface area contributed by atoms with Crippen LogP contribution in [0.3, 0.4) is 0 Å². The van der Waals surface area contributed by atoms with Gasteiger partial charge in [0, 0.05) is 5.57 Å². The van der Waals surface area contributed by atoms with Crippen molar-refractivity contribution in [3.05, 3.63) is 12.2 Å². The summed E-state index contributed by atoms with van der Waals surface area (Å²) >= 11 is 0. The van der Waals surface area contributed by atoms with Crippen molar-refractivity contribution in [3.63, 3.8) is 0 Å². The largest absolute Gasteiger partial charge is 0.451 e. The Hall–Kier alpha value is -0.920. The van der Waals surface area contributed by atoms with E-state index in [4.69, 9.17) is 0 Å². The molecule has 0 spiro atoms. The fourth-order valence-corrected chi connectivity index (χ4v) is 0.997. The lowest BCUT2D eigenvalue weighted by molar-refractivity contribution is -0.130. The number of hydrogen-bond acceptors (Lipinski definition) is 6. The molecular formula is C6H13NO5S. The third kappa shape index (κ3) is 6.26. The van der Waals surface area contributed by atoms with E-state index in [2.05, 4.69) is 14.9 Å². The van der Waals surface area contributed by atoms with Crippen molar-refractivity contribution in [1.82, 2.24) is 6.15 Å². The topological polar surface area (TPSA) is 105 Å². The van der Waals surface area contributed by atoms with Crippen LogP contribution in [0.4, 0.5) is 0 Å². The molecule has 0 radical (unpaired) electrons. The lowest BCUT2D eigenvalue weighted by Gasteiger charge is -2.02. The Morgan fingerprint density at radius 3 is 2.23 bits per heavy atom. The van der Waals surface area contributed by atoms with E-state index in [1.165, 1.54) is 13.8 Å². The molecule has 78 valence electrons. The summed E-state index contributed by atoms with van der Waals surface area (Å²) in [5.41, 5.74) is -0.00159. The van der Waals surface area contributed by atoms with Crippen molar-refractivity contribution in [2.45, 2.75) is 13.8 Å². The molecular weight excluding hydrogens is 198 g/mol. The van der Waals surface area contributed by atoms with Gasteiger partial charge in [0.05, 0.1) is 6.61 Å². The standard InChI is InChI=1S/C6H10O5S.H3N/c1-4-10-12(8,9)11-6(7)5(2)3;/h2,4H2,1,3H3;1H3. The predicted molar refractivity (Wildman–Crippen MR) is 46.5 cm³/mol. The normalized spacial score (nSPS) is 10.0. The second-order valence-electron chi connectivity index (χ2n) is 1.97. The summed E-state index contributed by atoms with van der Waals surface area (Å²) in [5.74, 6) is -1.01. The first-order chi connectivity index (χ1) is 5.39. The molecule has 0 aromatic rings. The molecule has 7 heteroatoms. The first kappa shape index (κ1) is 14.6. The minimum absolute atomic E-state index is 0. The maximum Gasteiger partial charge on any atom is 0.451 e. The molecule has 6 nitrogen and oxygen atoms in total. The average Bonchev–Trinajstić information content (AvgIpc) is 1.85. The Bertz CT molecular complexity index is 281. The number of carbonyl (C=O) groups excluding carboxylic acids is 1. The molecule has 0 rings (SSSR count). The molecule has 0 saturated heterocycles. The van der Waals surface area contributed by atoms with Gasteiger partial charge in [0.25, 0.3) is 0 Å². The van der Waals surface area contributed by atoms with Crippen LogP contribution in [0.2, 0.25) is 0 Å². The summed E-state index contributed by atoms with van der Waals surface area (Å²) < 4.78 is 29.4. The van der Waals surface area contributed by atoms with Crippen LogP contribution in [0, 0.1) is 0 Å². The number of rotatable bonds is 4. The van der Waals surface area contributed by atoms with Crippen LogP contribution in [0.1, 0.15) is 13.8 Å². The monoisotopic (exact) mass is 211 g/mol. The summed E-state index contributed by atoms with van der Waals surface area (Å²) in [4.78, 5) is 10.7. The van der Waals surface area contributed by atoms with E-state index in [0.717, 1.165) is 0 Å². The minimum Gasteiger partial charge on any atom is -0.344 e. The smallest absolute Gasteiger partial charge is 0.344 e. The van der Waals surface area contributed by atoms with E-state index in [0.29, 0.717) is 0 Å². The van der Waals surface area contributed by atoms with E-state index in [9.17, 15) is 13.2 Å². The Labute approximate surface area is 77.4 Å². The highest BCUT2D eigenvalue weighted by atomic mass is 32.3. The van der Waals surface area contributed by atoms with Crippen LogP contribution >= 0.6 is 0 Å². The van der Waals surface area contributed by atoms with E-state index in [1.807, 2.05) is 0 Å². The van der Waals surface area contributed by atoms with Crippen molar-refractivity contribution < 1.29 is 21.6 Å². The van der Waals surface area contributed by atoms with Gasteiger partial charge in [-0.05, 0) is 13.8 Å². The minimum atomic E-state index is -4.19. The van der Waals surface area contributed by atoms with Crippen LogP contribution in [0.25, 0.3) is 0 Å². The second-order valence-corrected chi connectivity index (χ2v) is 3.18. The Morgan fingerprint density at radius 1 is 1.46 bits per heavy atom. The second kappa shape index (κ2) is 5.68. The highest BCUT2D eigenvalue weighted by Crippen LogP contribution is 2.00. The zero-order valence-corrected chi connectivity index (χ0v) is 8.39. The molecule has 0 unspecified atom stereocenters. The summed E-state index contributed by atoms with van der Waals surface area (Å²) in [7, 11) is -4.19. The van der Waals surface area contributed by atoms with E-state index in [-0.39, 0.29) is 18.3 Å². The van der Waals surface area contributed by atoms with Crippen LogP contribution in [0.5, 0.6) is 0 Å². The third-order valence-electron chi connectivity index (χ3n) is 0.788. The molecule has 0 heterocycles. The third-order valence-corrected chi connectivity index (χ3v) is 1.67. The zero-order valence-electron chi connectivity index (χ0n) is 7.57. The van der Waals surface area contributed by atoms with Crippen LogP contribution in [-0.2, 0) is 23.6 Å². The fourth-order valence-electron chi connectivity index (χ4n) is 0.332. The molecule has 3 N–H and O–H groups in total. The van der Waals surface area contributed by atoms with Gasteiger partial charge in [0.1, 0.15) is 0 Å². The van der Waals surface area contributed by atoms with Gasteiger partial charge in [0.2, 0.25) is 0 Å². The number of hydrogen-bond donors (Lipinski definition) is 1. The van der Waals surface area contributed by atoms with Gasteiger partial charge >= 0.3 is 16.4 Å². The quantitative estimate of drug-likeness (QED) is 0.681. The highest BCUT2D eigenvalue weighted by Gasteiger charge is 2.17. The fraction of sp³-hybridized carbons (Fsp3) is 0.500. The van der Waals surface area contributed by atoms with E-state index >= 15 is 0 Å². The first-order valence-corrected chi connectivity index (χ1v) is 4.51. The van der Waals surface area contributed by atoms with Gasteiger partial charge < -0.3 is 10.3 Å². The van der Waals surface area contributed by atoms with Gasteiger partial charge in [-0.3, -0.25) is 0 Å². The van der Waals surface area contributed by atoms with Crippen molar-refractivity contribution >= 4 is 16.4 Å². The molecule has 0 aromatic carbocycles. The molecule has 0 aliphatic carbocycles. The SMILES string of the molecule is C=C(C)C(=O)OS(=O)(=O)OCC.N. The molecule has 0 amide bonds. The number of carbonyl (C=O) groups is 1. The van der Waals surface area contributed by atoms with Crippen molar-refractivity contribution in [3.8, 4) is 0 Å². The van der Waals surface area contributed by atoms with Gasteiger partial charge in [-0.2, -0.15) is 8.42 Å². The maximum absolute atomic E-state index is 10.7. The maximum atomic E-state index is 10.7. The molecule has 0 saturated carbocycles. The predicted octanol–water partition coefficient (Wildman–Crippen LogP) is 0.549. The Balaban J connectivity index is 0. The van der Waals surface area contributed by atoms with E-state index in [1.54, 1.807) is 0 Å². The molecule has 0 aliphatic heterocycles. The lowest BCUT2D eigenvalue weighted by Crippen LogP contribution is -2.15. The highest BCUT2D eigenvalue weighted by molar-refractivity contribution is 7.82. The lowest BCUT2D eigenvalue weighted by atomic mass is 10.4. The zero-order chi connectivity index (χ0) is 9.78. The molecule has 0 aliphatic rings. The summed E-state index contributed by atoms with van der Waals surface area (Å²) in [6.45, 7) is 5.93. The van der Waals surface area contributed by atoms with Crippen LogP contribution in [-0.4, -0.2) is 21.0 Å². The first-order valence-electron chi connectivity index (χ1n) is 3.17. The van der Waals surface area contributed by atoms with Crippen molar-refractivity contribution in [1.29, 1.82) is 0 Å². The summed E-state index contributed by atoms with van der Waals surface area (Å²) in [6.07, 6.45) is 0. The van der Waals surface area contributed by atoms with Crippen LogP contribution in [0.15, 0.2) is 12.2 Å². The molecule has 0 aromatic heterocycles. The molecule has 13 heavy (non-hydrogen) atoms. The Morgan fingerprint density at radius 2 is 1.92 bits per heavy atom. The van der Waals surface area contributed by atoms with Gasteiger partial charge in [0.15, 0.2) is 0 Å². The van der Waals surface area contributed by atoms with Crippen LogP contribution < -0.4 is 6.15 Å². The van der Waals surface area contributed by atoms with Gasteiger partial charge in [-0.15, -0.1) is 0 Å². The summed E-state index contributed by atoms with van der Waals surface area (Å²) in [5, 5.41) is 0. The van der Waals surface area contributed by atoms with Gasteiger partial charge in [-0.1, -0.05) is 6.58 Å². The van der Waals surface area contributed by atoms with Crippen molar-refractivity contribution in [2.75, 3.05) is 6.61 Å².